The van der Waals surface area contributed by atoms with E-state index in [0.29, 0.717) is 32.5 Å². The molecule has 0 aliphatic rings. The topological polar surface area (TPSA) is 280 Å². The molecule has 23 heteroatoms. The van der Waals surface area contributed by atoms with Crippen molar-refractivity contribution in [2.24, 2.45) is 0 Å². The summed E-state index contributed by atoms with van der Waals surface area (Å²) in [6, 6.07) is 0. The fraction of sp³-hybridized carbons (Fsp3) is 0.788. The number of hydrogen-bond acceptors (Lipinski definition) is 21. The molecule has 0 amide bonds. The van der Waals surface area contributed by atoms with Gasteiger partial charge in [-0.25, -0.2) is 4.18 Å². The maximum absolute atomic E-state index is 10.6. The van der Waals surface area contributed by atoms with Gasteiger partial charge in [-0.2, -0.15) is 16.8 Å². The lowest BCUT2D eigenvalue weighted by atomic mass is 10.5. The molecule has 0 heterocycles. The van der Waals surface area contributed by atoms with Crippen LogP contribution in [-0.2, 0) is 100 Å². The summed E-state index contributed by atoms with van der Waals surface area (Å²) in [7, 11) is -4.98. The van der Waals surface area contributed by atoms with Crippen molar-refractivity contribution in [2.45, 2.75) is 109 Å². The quantitative estimate of drug-likeness (QED) is 0.0877. The van der Waals surface area contributed by atoms with Gasteiger partial charge >= 0.3 is 41.8 Å². The van der Waals surface area contributed by atoms with Crippen molar-refractivity contribution in [2.75, 3.05) is 65.4 Å². The number of rotatable bonds is 17. The first kappa shape index (κ1) is 66.9. The van der Waals surface area contributed by atoms with Gasteiger partial charge in [0, 0.05) is 60.7 Å². The Morgan fingerprint density at radius 2 is 0.661 bits per heavy atom. The van der Waals surface area contributed by atoms with Gasteiger partial charge in [-0.1, -0.05) is 20.8 Å². The molecule has 0 aromatic rings. The second-order valence-corrected chi connectivity index (χ2v) is 12.7. The Bertz CT molecular complexity index is 1180. The minimum atomic E-state index is -3.49. The smallest absolute Gasteiger partial charge is 0.308 e. The molecule has 56 heavy (non-hydrogen) atoms. The molecule has 0 aliphatic heterocycles. The maximum atomic E-state index is 10.6. The van der Waals surface area contributed by atoms with Gasteiger partial charge in [-0.3, -0.25) is 37.7 Å². The van der Waals surface area contributed by atoms with Gasteiger partial charge in [-0.15, -0.1) is 0 Å². The van der Waals surface area contributed by atoms with E-state index >= 15 is 0 Å². The van der Waals surface area contributed by atoms with Crippen LogP contribution in [0.3, 0.4) is 0 Å². The minimum Gasteiger partial charge on any atom is -0.466 e. The summed E-state index contributed by atoms with van der Waals surface area (Å²) in [4.78, 5) is 71.1. The molecular weight excluding hydrogens is 796 g/mol. The van der Waals surface area contributed by atoms with Crippen molar-refractivity contribution in [3.8, 4) is 0 Å². The first-order valence-corrected chi connectivity index (χ1v) is 20.3. The van der Waals surface area contributed by atoms with E-state index in [9.17, 15) is 50.4 Å². The third kappa shape index (κ3) is 83.2. The van der Waals surface area contributed by atoms with Crippen LogP contribution in [0.2, 0.25) is 0 Å². The normalized spacial score (nSPS) is 9.32. The molecule has 0 aliphatic carbocycles. The lowest BCUT2D eigenvalue weighted by Gasteiger charge is -2.01. The van der Waals surface area contributed by atoms with Crippen LogP contribution in [0.1, 0.15) is 109 Å². The Balaban J connectivity index is -0.000000102. The highest BCUT2D eigenvalue weighted by Gasteiger charge is 2.07. The van der Waals surface area contributed by atoms with Gasteiger partial charge in [0.05, 0.1) is 31.3 Å². The summed E-state index contributed by atoms with van der Waals surface area (Å²) < 4.78 is 85.7. The highest BCUT2D eigenvalue weighted by molar-refractivity contribution is 7.86. The predicted octanol–water partition coefficient (Wildman–Crippen LogP) is 3.35. The first-order valence-electron chi connectivity index (χ1n) is 17.2. The van der Waals surface area contributed by atoms with Crippen LogP contribution in [0, 0.1) is 0 Å². The number of hydrogen-bond donors (Lipinski definition) is 0. The molecule has 0 rings (SSSR count). The standard InChI is InChI=1S/2C6H10O4.C5H10O5S.C5H10O2.C4H10O3S.C4H8O2.C3H8O/c2*1-3-6(8)10-4-9-5(2)7;1-3-11(7,8)10-4-9-5(2)6;1-3-5(6)7-4-2;1-3-7-8(5,6)4-2;1-3-6-4(2)5;1-3-4-2/h2*3-4H2,1-2H3;3-4H2,1-2H3;3-4H2,1-2H3;3-4H2,1-2H3;3H2,1-2H3;3H2,1-2H3. The highest BCUT2D eigenvalue weighted by atomic mass is 32.2. The zero-order valence-electron chi connectivity index (χ0n) is 35.4. The molecule has 336 valence electrons. The molecule has 0 unspecified atom stereocenters. The first-order chi connectivity index (χ1) is 25.9. The zero-order valence-corrected chi connectivity index (χ0v) is 37.0. The molecule has 0 saturated heterocycles. The summed E-state index contributed by atoms with van der Waals surface area (Å²) in [5.41, 5.74) is 0. The van der Waals surface area contributed by atoms with E-state index in [-0.39, 0.29) is 55.6 Å². The molecule has 21 nitrogen and oxygen atoms in total. The molecule has 0 saturated carbocycles. The van der Waals surface area contributed by atoms with Crippen molar-refractivity contribution < 1.29 is 96.7 Å². The van der Waals surface area contributed by atoms with Crippen LogP contribution in [-0.4, -0.2) is 124 Å². The summed E-state index contributed by atoms with van der Waals surface area (Å²) >= 11 is 0. The maximum Gasteiger partial charge on any atom is 0.308 e. The predicted molar refractivity (Wildman–Crippen MR) is 201 cm³/mol. The van der Waals surface area contributed by atoms with Crippen LogP contribution in [0.25, 0.3) is 0 Å². The Hall–Kier alpha value is -3.93. The molecule has 0 radical (unpaired) electrons. The third-order valence-electron chi connectivity index (χ3n) is 4.27. The zero-order chi connectivity index (χ0) is 45.6. The largest absolute Gasteiger partial charge is 0.466 e. The molecular formula is C33H66O21S2. The molecule has 0 fully saturated rings. The summed E-state index contributed by atoms with van der Waals surface area (Å²) in [5, 5.41) is 0. The van der Waals surface area contributed by atoms with Crippen LogP contribution < -0.4 is 0 Å². The number of carbonyl (C=O) groups is 7. The fourth-order valence-corrected chi connectivity index (χ4v) is 2.44. The van der Waals surface area contributed by atoms with Crippen LogP contribution in [0.5, 0.6) is 0 Å². The monoisotopic (exact) mass is 862 g/mol. The van der Waals surface area contributed by atoms with Gasteiger partial charge < -0.3 is 37.9 Å². The van der Waals surface area contributed by atoms with E-state index in [0.717, 1.165) is 6.61 Å². The SMILES string of the molecule is CCC(=O)OCOC(C)=O.CCC(=O)OCOC(C)=O.CCOC.CCOC(=O)CC.CCOC(C)=O.CCOS(=O)(=O)CC.CCS(=O)(=O)OCOC(C)=O. The average Bonchev–Trinajstić information content (AvgIpc) is 3.12. The second kappa shape index (κ2) is 49.1. The molecule has 0 aromatic heterocycles. The van der Waals surface area contributed by atoms with Gasteiger partial charge in [0.15, 0.2) is 0 Å². The van der Waals surface area contributed by atoms with E-state index in [1.165, 1.54) is 34.6 Å². The van der Waals surface area contributed by atoms with Crippen molar-refractivity contribution >= 4 is 62.0 Å². The van der Waals surface area contributed by atoms with Gasteiger partial charge in [-0.05, 0) is 41.5 Å². The van der Waals surface area contributed by atoms with Crippen LogP contribution >= 0.6 is 0 Å². The highest BCUT2D eigenvalue weighted by Crippen LogP contribution is 1.92. The Morgan fingerprint density at radius 3 is 0.839 bits per heavy atom. The third-order valence-corrected chi connectivity index (χ3v) is 6.73. The van der Waals surface area contributed by atoms with Crippen molar-refractivity contribution in [1.29, 1.82) is 0 Å². The van der Waals surface area contributed by atoms with Gasteiger partial charge in [0.25, 0.3) is 20.2 Å². The lowest BCUT2D eigenvalue weighted by Crippen LogP contribution is -2.12. The molecule has 0 aromatic carbocycles. The van der Waals surface area contributed by atoms with E-state index in [4.69, 9.17) is 0 Å². The number of esters is 7. The molecule has 0 bridgehead atoms. The van der Waals surface area contributed by atoms with Crippen molar-refractivity contribution in [3.63, 3.8) is 0 Å². The Labute approximate surface area is 332 Å². The van der Waals surface area contributed by atoms with E-state index in [2.05, 4.69) is 46.3 Å². The van der Waals surface area contributed by atoms with E-state index < -0.39 is 44.9 Å². The van der Waals surface area contributed by atoms with Crippen LogP contribution in [0.15, 0.2) is 0 Å². The minimum absolute atomic E-state index is 0.0564. The molecule has 0 atom stereocenters. The molecule has 0 N–H and O–H groups in total. The summed E-state index contributed by atoms with van der Waals surface area (Å²) in [6.07, 6.45) is 1.07. The lowest BCUT2D eigenvalue weighted by molar-refractivity contribution is -0.167. The second-order valence-electron chi connectivity index (χ2n) is 8.88. The summed E-state index contributed by atoms with van der Waals surface area (Å²) in [5.74, 6) is -2.64. The summed E-state index contributed by atoms with van der Waals surface area (Å²) in [6.45, 7) is 21.3. The fourth-order valence-electron chi connectivity index (χ4n) is 1.55. The van der Waals surface area contributed by atoms with Gasteiger partial charge in [0.1, 0.15) is 0 Å². The van der Waals surface area contributed by atoms with Gasteiger partial charge in [0.2, 0.25) is 20.4 Å². The van der Waals surface area contributed by atoms with Crippen molar-refractivity contribution in [1.82, 2.24) is 0 Å². The average molecular weight is 863 g/mol. The Morgan fingerprint density at radius 1 is 0.375 bits per heavy atom. The number of methoxy groups -OCH3 is 1. The van der Waals surface area contributed by atoms with Crippen LogP contribution in [0.4, 0.5) is 0 Å². The number of ether oxygens (including phenoxy) is 8. The Kier molecular flexibility index (Phi) is 58.6. The van der Waals surface area contributed by atoms with E-state index in [1.807, 2.05) is 6.92 Å². The van der Waals surface area contributed by atoms with Crippen molar-refractivity contribution in [3.05, 3.63) is 0 Å². The number of carbonyl (C=O) groups excluding carboxylic acids is 7. The molecule has 0 spiro atoms. The van der Waals surface area contributed by atoms with E-state index in [1.54, 1.807) is 55.6 Å².